The number of nitrogens with zero attached hydrogens (tertiary/aromatic N) is 1. The second-order valence-electron chi connectivity index (χ2n) is 2.30. The quantitative estimate of drug-likeness (QED) is 0.331. The largest absolute Gasteiger partial charge is 0.373 e. The Bertz CT molecular complexity index is 129. The van der Waals surface area contributed by atoms with Crippen LogP contribution in [0.5, 0.6) is 0 Å². The maximum absolute atomic E-state index is 3.88. The molecule has 11 heavy (non-hydrogen) atoms. The van der Waals surface area contributed by atoms with Gasteiger partial charge in [-0.15, -0.1) is 0 Å². The van der Waals surface area contributed by atoms with Crippen molar-refractivity contribution in [3.63, 3.8) is 0 Å². The van der Waals surface area contributed by atoms with Crippen molar-refractivity contribution in [2.75, 3.05) is 26.7 Å². The van der Waals surface area contributed by atoms with Crippen LogP contribution in [0.1, 0.15) is 6.92 Å². The number of likely N-dealkylation sites (N-methyl/N-ethyl adjacent to an activating group) is 1. The monoisotopic (exact) mass is 155 g/mol. The Balaban J connectivity index is 3.22. The highest BCUT2D eigenvalue weighted by atomic mass is 14.9. The molecular weight excluding hydrogens is 138 g/mol. The van der Waals surface area contributed by atoms with Crippen molar-refractivity contribution in [2.45, 2.75) is 6.92 Å². The van der Waals surface area contributed by atoms with Crippen molar-refractivity contribution in [3.8, 4) is 0 Å². The van der Waals surface area contributed by atoms with Crippen LogP contribution in [0, 0.1) is 0 Å². The molecule has 0 radical (unpaired) electrons. The molecule has 0 saturated carbocycles. The van der Waals surface area contributed by atoms with E-state index in [1.54, 1.807) is 13.4 Å². The van der Waals surface area contributed by atoms with Gasteiger partial charge in [-0.25, -0.2) is 0 Å². The van der Waals surface area contributed by atoms with E-state index in [0.717, 1.165) is 25.2 Å². The van der Waals surface area contributed by atoms with Gasteiger partial charge in [-0.1, -0.05) is 13.5 Å². The van der Waals surface area contributed by atoms with Gasteiger partial charge in [-0.05, 0) is 12.1 Å². The Morgan fingerprint density at radius 3 is 2.82 bits per heavy atom. The highest BCUT2D eigenvalue weighted by molar-refractivity contribution is 5.54. The predicted molar refractivity (Wildman–Crippen MR) is 50.1 cm³/mol. The molecule has 0 saturated heterocycles. The summed E-state index contributed by atoms with van der Waals surface area (Å²) in [7, 11) is 1.74. The minimum atomic E-state index is 0.796. The summed E-state index contributed by atoms with van der Waals surface area (Å²) in [5, 5.41) is 6.20. The summed E-state index contributed by atoms with van der Waals surface area (Å²) in [5.74, 6) is 0. The number of hydrogen-bond acceptors (Lipinski definition) is 2. The van der Waals surface area contributed by atoms with Crippen molar-refractivity contribution >= 4 is 6.34 Å². The maximum Gasteiger partial charge on any atom is 0.0822 e. The lowest BCUT2D eigenvalue weighted by atomic mass is 10.3. The first-order chi connectivity index (χ1) is 5.31. The molecule has 64 valence electrons. The van der Waals surface area contributed by atoms with E-state index in [4.69, 9.17) is 0 Å². The molecule has 0 aliphatic heterocycles. The first kappa shape index (κ1) is 10.2. The van der Waals surface area contributed by atoms with Crippen LogP contribution in [0.3, 0.4) is 0 Å². The fourth-order valence-electron chi connectivity index (χ4n) is 0.646. The first-order valence-electron chi connectivity index (χ1n) is 3.82. The maximum atomic E-state index is 3.88. The average molecular weight is 155 g/mol. The average Bonchev–Trinajstić information content (AvgIpc) is 2.01. The van der Waals surface area contributed by atoms with Gasteiger partial charge in [0.2, 0.25) is 0 Å². The third kappa shape index (κ3) is 7.06. The molecule has 0 amide bonds. The van der Waals surface area contributed by atoms with Crippen LogP contribution in [-0.2, 0) is 0 Å². The highest BCUT2D eigenvalue weighted by Gasteiger charge is 1.89. The van der Waals surface area contributed by atoms with E-state index in [-0.39, 0.29) is 0 Å². The molecule has 3 nitrogen and oxygen atoms in total. The number of hydrogen-bond donors (Lipinski definition) is 2. The third-order valence-corrected chi connectivity index (χ3v) is 1.20. The normalized spacial score (nSPS) is 10.4. The Kier molecular flexibility index (Phi) is 6.73. The Labute approximate surface area is 68.6 Å². The molecule has 0 aliphatic carbocycles. The van der Waals surface area contributed by atoms with Gasteiger partial charge in [-0.2, -0.15) is 0 Å². The minimum Gasteiger partial charge on any atom is -0.373 e. The zero-order chi connectivity index (χ0) is 8.53. The Hall–Kier alpha value is -0.830. The molecule has 0 atom stereocenters. The van der Waals surface area contributed by atoms with Crippen LogP contribution in [-0.4, -0.2) is 33.0 Å². The molecule has 0 aromatic heterocycles. The molecule has 0 bridgehead atoms. The SMILES string of the molecule is C=C(CNC=NC)CNCC. The van der Waals surface area contributed by atoms with Crippen LogP contribution >= 0.6 is 0 Å². The summed E-state index contributed by atoms with van der Waals surface area (Å²) in [4.78, 5) is 3.79. The van der Waals surface area contributed by atoms with Crippen molar-refractivity contribution < 1.29 is 0 Å². The summed E-state index contributed by atoms with van der Waals surface area (Å²) < 4.78 is 0. The van der Waals surface area contributed by atoms with Crippen LogP contribution in [0.4, 0.5) is 0 Å². The molecule has 0 heterocycles. The van der Waals surface area contributed by atoms with E-state index in [1.165, 1.54) is 0 Å². The van der Waals surface area contributed by atoms with Gasteiger partial charge >= 0.3 is 0 Å². The number of aliphatic imine (C=N–C) groups is 1. The molecule has 0 spiro atoms. The summed E-state index contributed by atoms with van der Waals surface area (Å²) in [6.07, 6.45) is 1.68. The van der Waals surface area contributed by atoms with Crippen molar-refractivity contribution in [1.82, 2.24) is 10.6 Å². The van der Waals surface area contributed by atoms with E-state index in [1.807, 2.05) is 0 Å². The second-order valence-corrected chi connectivity index (χ2v) is 2.30. The van der Waals surface area contributed by atoms with Crippen LogP contribution < -0.4 is 10.6 Å². The second kappa shape index (κ2) is 7.28. The van der Waals surface area contributed by atoms with Gasteiger partial charge < -0.3 is 10.6 Å². The molecule has 0 aromatic carbocycles. The predicted octanol–water partition coefficient (Wildman–Crippen LogP) is 0.400. The van der Waals surface area contributed by atoms with Crippen molar-refractivity contribution in [3.05, 3.63) is 12.2 Å². The van der Waals surface area contributed by atoms with Gasteiger partial charge in [0.15, 0.2) is 0 Å². The fourth-order valence-corrected chi connectivity index (χ4v) is 0.646. The van der Waals surface area contributed by atoms with E-state index in [0.29, 0.717) is 0 Å². The van der Waals surface area contributed by atoms with Crippen LogP contribution in [0.25, 0.3) is 0 Å². The van der Waals surface area contributed by atoms with Gasteiger partial charge in [0.25, 0.3) is 0 Å². The summed E-state index contributed by atoms with van der Waals surface area (Å²) in [6, 6.07) is 0. The van der Waals surface area contributed by atoms with Crippen molar-refractivity contribution in [2.24, 2.45) is 4.99 Å². The smallest absolute Gasteiger partial charge is 0.0822 e. The van der Waals surface area contributed by atoms with E-state index >= 15 is 0 Å². The van der Waals surface area contributed by atoms with Crippen LogP contribution in [0.2, 0.25) is 0 Å². The lowest BCUT2D eigenvalue weighted by Crippen LogP contribution is -2.23. The zero-order valence-electron chi connectivity index (χ0n) is 7.35. The Morgan fingerprint density at radius 2 is 2.27 bits per heavy atom. The minimum absolute atomic E-state index is 0.796. The van der Waals surface area contributed by atoms with Gasteiger partial charge in [-0.3, -0.25) is 4.99 Å². The summed E-state index contributed by atoms with van der Waals surface area (Å²) in [5.41, 5.74) is 1.15. The molecule has 0 aromatic rings. The summed E-state index contributed by atoms with van der Waals surface area (Å²) in [6.45, 7) is 8.61. The lowest BCUT2D eigenvalue weighted by Gasteiger charge is -2.04. The first-order valence-corrected chi connectivity index (χ1v) is 3.82. The molecule has 0 aliphatic rings. The molecule has 0 fully saturated rings. The highest BCUT2D eigenvalue weighted by Crippen LogP contribution is 1.82. The van der Waals surface area contributed by atoms with Crippen molar-refractivity contribution in [1.29, 1.82) is 0 Å². The lowest BCUT2D eigenvalue weighted by molar-refractivity contribution is 0.758. The molecular formula is C8H17N3. The van der Waals surface area contributed by atoms with Gasteiger partial charge in [0, 0.05) is 20.1 Å². The third-order valence-electron chi connectivity index (χ3n) is 1.20. The van der Waals surface area contributed by atoms with E-state index in [2.05, 4.69) is 29.1 Å². The molecule has 2 N–H and O–H groups in total. The molecule has 0 unspecified atom stereocenters. The van der Waals surface area contributed by atoms with E-state index in [9.17, 15) is 0 Å². The van der Waals surface area contributed by atoms with Gasteiger partial charge in [0.05, 0.1) is 6.34 Å². The number of nitrogens with one attached hydrogen (secondary N) is 2. The number of rotatable bonds is 6. The zero-order valence-corrected chi connectivity index (χ0v) is 7.35. The topological polar surface area (TPSA) is 36.4 Å². The molecule has 0 rings (SSSR count). The molecule has 3 heteroatoms. The van der Waals surface area contributed by atoms with E-state index < -0.39 is 0 Å². The fraction of sp³-hybridized carbons (Fsp3) is 0.625. The standard InChI is InChI=1S/C8H17N3/c1-4-10-5-8(2)6-11-7-9-3/h7,10H,2,4-6H2,1,3H3,(H,9,11). The summed E-state index contributed by atoms with van der Waals surface area (Å²) >= 11 is 0. The van der Waals surface area contributed by atoms with Crippen LogP contribution in [0.15, 0.2) is 17.1 Å². The Morgan fingerprint density at radius 1 is 1.55 bits per heavy atom. The van der Waals surface area contributed by atoms with Gasteiger partial charge in [0.1, 0.15) is 0 Å².